The quantitative estimate of drug-likeness (QED) is 0.305. The first-order valence-corrected chi connectivity index (χ1v) is 12.4. The van der Waals surface area contributed by atoms with Crippen molar-refractivity contribution < 1.29 is 37.2 Å². The summed E-state index contributed by atoms with van der Waals surface area (Å²) < 4.78 is 52.0. The summed E-state index contributed by atoms with van der Waals surface area (Å²) in [5, 5.41) is 27.2. The molecule has 1 aliphatic heterocycles. The topological polar surface area (TPSA) is 126 Å². The number of aliphatic carboxylic acids is 1. The summed E-state index contributed by atoms with van der Waals surface area (Å²) in [7, 11) is 0. The number of piperidine rings is 1. The number of carboxylic acid groups (broad SMARTS) is 1. The van der Waals surface area contributed by atoms with E-state index in [1.54, 1.807) is 42.5 Å². The zero-order valence-corrected chi connectivity index (χ0v) is 20.6. The van der Waals surface area contributed by atoms with Crippen LogP contribution in [0.1, 0.15) is 36.5 Å². The number of carbonyl (C=O) groups is 1. The normalized spacial score (nSPS) is 17.3. The molecule has 1 fully saturated rings. The molecule has 0 spiro atoms. The van der Waals surface area contributed by atoms with Gasteiger partial charge < -0.3 is 24.2 Å². The molecule has 204 valence electrons. The van der Waals surface area contributed by atoms with Crippen LogP contribution in [0.15, 0.2) is 63.6 Å². The molecular weight excluding hydrogens is 517 g/mol. The van der Waals surface area contributed by atoms with E-state index in [4.69, 9.17) is 14.2 Å². The van der Waals surface area contributed by atoms with Crippen LogP contribution in [0.3, 0.4) is 0 Å². The van der Waals surface area contributed by atoms with Crippen LogP contribution < -0.4 is 0 Å². The van der Waals surface area contributed by atoms with Gasteiger partial charge in [-0.3, -0.25) is 4.79 Å². The molecule has 12 heteroatoms. The Morgan fingerprint density at radius 1 is 1.05 bits per heavy atom. The Kier molecular flexibility index (Phi) is 7.49. The van der Waals surface area contributed by atoms with Crippen molar-refractivity contribution in [2.24, 2.45) is 5.92 Å². The molecule has 0 saturated carbocycles. The Morgan fingerprint density at radius 3 is 2.49 bits per heavy atom. The Bertz CT molecular complexity index is 1420. The van der Waals surface area contributed by atoms with Gasteiger partial charge in [-0.15, -0.1) is 0 Å². The van der Waals surface area contributed by atoms with Gasteiger partial charge in [-0.25, -0.2) is 0 Å². The number of carboxylic acids is 1. The van der Waals surface area contributed by atoms with Crippen molar-refractivity contribution in [3.05, 3.63) is 65.7 Å². The van der Waals surface area contributed by atoms with Crippen molar-refractivity contribution in [2.75, 3.05) is 19.6 Å². The smallest absolute Gasteiger partial charge is 0.422 e. The van der Waals surface area contributed by atoms with E-state index < -0.39 is 35.5 Å². The number of nitrogens with zero attached hydrogens (tertiary/aromatic N) is 4. The Balaban J connectivity index is 1.31. The Labute approximate surface area is 220 Å². The lowest BCUT2D eigenvalue weighted by Gasteiger charge is -2.33. The molecule has 1 aliphatic rings. The van der Waals surface area contributed by atoms with Crippen molar-refractivity contribution >= 4 is 5.97 Å². The van der Waals surface area contributed by atoms with Gasteiger partial charge in [-0.2, -0.15) is 18.2 Å². The molecule has 2 aromatic carbocycles. The number of hydrogen-bond acceptors (Lipinski definition) is 8. The molecule has 4 aromatic rings. The van der Waals surface area contributed by atoms with Gasteiger partial charge in [0, 0.05) is 30.6 Å². The number of aliphatic hydroxyl groups is 1. The van der Waals surface area contributed by atoms with Crippen LogP contribution in [-0.4, -0.2) is 56.0 Å². The second-order valence-corrected chi connectivity index (χ2v) is 9.53. The SMILES string of the molecule is O=C(O)C[C@H]1CCCN(CC(O)c2ccc(-c3noc(-c4onc(-c5ccccc5)c4C(F)(F)F)n3)cc2)C1. The van der Waals surface area contributed by atoms with E-state index in [1.165, 1.54) is 12.1 Å². The summed E-state index contributed by atoms with van der Waals surface area (Å²) in [6, 6.07) is 14.5. The van der Waals surface area contributed by atoms with Gasteiger partial charge in [-0.1, -0.05) is 64.9 Å². The summed E-state index contributed by atoms with van der Waals surface area (Å²) in [4.78, 5) is 17.2. The minimum absolute atomic E-state index is 0.0457. The predicted octanol–water partition coefficient (Wildman–Crippen LogP) is 5.30. The maximum absolute atomic E-state index is 14.0. The van der Waals surface area contributed by atoms with Gasteiger partial charge in [0.1, 0.15) is 11.3 Å². The molecule has 39 heavy (non-hydrogen) atoms. The predicted molar refractivity (Wildman–Crippen MR) is 132 cm³/mol. The highest BCUT2D eigenvalue weighted by Gasteiger charge is 2.43. The molecule has 3 heterocycles. The van der Waals surface area contributed by atoms with E-state index in [1.807, 2.05) is 0 Å². The maximum atomic E-state index is 14.0. The highest BCUT2D eigenvalue weighted by atomic mass is 19.4. The number of likely N-dealkylation sites (tertiary alicyclic amines) is 1. The molecule has 0 amide bonds. The van der Waals surface area contributed by atoms with E-state index in [0.29, 0.717) is 24.2 Å². The molecule has 9 nitrogen and oxygen atoms in total. The fourth-order valence-corrected chi connectivity index (χ4v) is 4.86. The van der Waals surface area contributed by atoms with Crippen molar-refractivity contribution in [3.63, 3.8) is 0 Å². The number of hydrogen-bond donors (Lipinski definition) is 2. The van der Waals surface area contributed by atoms with E-state index in [9.17, 15) is 23.1 Å². The lowest BCUT2D eigenvalue weighted by atomic mass is 9.94. The van der Waals surface area contributed by atoms with Crippen molar-refractivity contribution in [1.82, 2.24) is 20.2 Å². The molecule has 0 aliphatic carbocycles. The molecule has 1 saturated heterocycles. The largest absolute Gasteiger partial charge is 0.481 e. The highest BCUT2D eigenvalue weighted by molar-refractivity contribution is 5.71. The van der Waals surface area contributed by atoms with Crippen LogP contribution in [-0.2, 0) is 11.0 Å². The van der Waals surface area contributed by atoms with Gasteiger partial charge >= 0.3 is 12.1 Å². The number of aliphatic hydroxyl groups excluding tert-OH is 1. The van der Waals surface area contributed by atoms with E-state index in [-0.39, 0.29) is 29.4 Å². The third-order valence-electron chi connectivity index (χ3n) is 6.69. The lowest BCUT2D eigenvalue weighted by Crippen LogP contribution is -2.38. The van der Waals surface area contributed by atoms with Crippen LogP contribution in [0.2, 0.25) is 0 Å². The monoisotopic (exact) mass is 542 g/mol. The number of rotatable bonds is 8. The fourth-order valence-electron chi connectivity index (χ4n) is 4.86. The first kappa shape index (κ1) is 26.6. The number of benzene rings is 2. The second-order valence-electron chi connectivity index (χ2n) is 9.53. The van der Waals surface area contributed by atoms with Gasteiger partial charge in [0.2, 0.25) is 11.6 Å². The minimum Gasteiger partial charge on any atom is -0.481 e. The molecular formula is C27H25F3N4O5. The first-order valence-electron chi connectivity index (χ1n) is 12.4. The third-order valence-corrected chi connectivity index (χ3v) is 6.69. The van der Waals surface area contributed by atoms with Crippen LogP contribution in [0.4, 0.5) is 13.2 Å². The number of aromatic nitrogens is 3. The Hall–Kier alpha value is -4.03. The zero-order valence-electron chi connectivity index (χ0n) is 20.6. The standard InChI is InChI=1S/C27H25F3N4O5/c28-27(29,30)22-23(18-6-2-1-3-7-18)32-38-24(22)26-31-25(33-39-26)19-10-8-17(9-11-19)20(35)15-34-12-4-5-16(14-34)13-21(36)37/h1-3,6-11,16,20,35H,4-5,12-15H2,(H,36,37)/t16-,20?/m1/s1. The number of halogens is 3. The average molecular weight is 543 g/mol. The molecule has 2 atom stereocenters. The van der Waals surface area contributed by atoms with Crippen LogP contribution in [0.25, 0.3) is 34.3 Å². The van der Waals surface area contributed by atoms with E-state index >= 15 is 0 Å². The molecule has 1 unspecified atom stereocenters. The maximum Gasteiger partial charge on any atom is 0.422 e. The molecule has 2 N–H and O–H groups in total. The van der Waals surface area contributed by atoms with E-state index in [2.05, 4.69) is 20.2 Å². The third kappa shape index (κ3) is 6.02. The van der Waals surface area contributed by atoms with Crippen molar-refractivity contribution in [3.8, 4) is 34.3 Å². The summed E-state index contributed by atoms with van der Waals surface area (Å²) in [5.41, 5.74) is -0.151. The average Bonchev–Trinajstić information content (AvgIpc) is 3.57. The number of β-amino-alcohol motifs (C(OH)–C–C–N with tert-alkyl or cyclic N) is 1. The van der Waals surface area contributed by atoms with E-state index in [0.717, 1.165) is 19.4 Å². The summed E-state index contributed by atoms with van der Waals surface area (Å²) in [5.74, 6) is -1.85. The first-order chi connectivity index (χ1) is 18.7. The second kappa shape index (κ2) is 11.0. The van der Waals surface area contributed by atoms with Gasteiger partial charge in [-0.05, 0) is 30.9 Å². The summed E-state index contributed by atoms with van der Waals surface area (Å²) in [6.45, 7) is 1.75. The summed E-state index contributed by atoms with van der Waals surface area (Å²) >= 11 is 0. The van der Waals surface area contributed by atoms with Gasteiger partial charge in [0.05, 0.1) is 6.10 Å². The van der Waals surface area contributed by atoms with Crippen LogP contribution in [0, 0.1) is 5.92 Å². The van der Waals surface area contributed by atoms with Crippen LogP contribution in [0.5, 0.6) is 0 Å². The lowest BCUT2D eigenvalue weighted by molar-refractivity contribution is -0.139. The van der Waals surface area contributed by atoms with Crippen LogP contribution >= 0.6 is 0 Å². The molecule has 0 radical (unpaired) electrons. The van der Waals surface area contributed by atoms with Crippen molar-refractivity contribution in [2.45, 2.75) is 31.5 Å². The number of alkyl halides is 3. The summed E-state index contributed by atoms with van der Waals surface area (Å²) in [6.07, 6.45) is -3.75. The highest BCUT2D eigenvalue weighted by Crippen LogP contribution is 2.43. The van der Waals surface area contributed by atoms with Gasteiger partial charge in [0.25, 0.3) is 5.89 Å². The fraction of sp³-hybridized carbons (Fsp3) is 0.333. The zero-order chi connectivity index (χ0) is 27.6. The minimum atomic E-state index is -4.78. The molecule has 0 bridgehead atoms. The van der Waals surface area contributed by atoms with Gasteiger partial charge in [0.15, 0.2) is 0 Å². The molecule has 2 aromatic heterocycles. The molecule has 5 rings (SSSR count). The van der Waals surface area contributed by atoms with Crippen molar-refractivity contribution in [1.29, 1.82) is 0 Å². The Morgan fingerprint density at radius 2 is 1.79 bits per heavy atom.